The molecule has 4 heteroatoms. The molecular formula is C5H15Cl2NO. The van der Waals surface area contributed by atoms with Crippen LogP contribution in [-0.4, -0.2) is 18.6 Å². The number of nitrogens with one attached hydrogen (secondary N) is 1. The minimum absolute atomic E-state index is 0. The average Bonchev–Trinajstić information content (AvgIpc) is 1.72. The molecule has 0 spiro atoms. The lowest BCUT2D eigenvalue weighted by atomic mass is 10.2. The molecule has 1 aliphatic heterocycles. The van der Waals surface area contributed by atoms with Crippen LogP contribution in [0.1, 0.15) is 19.3 Å². The summed E-state index contributed by atoms with van der Waals surface area (Å²) in [5, 5.41) is 3.28. The third-order valence-electron chi connectivity index (χ3n) is 1.21. The second-order valence-electron chi connectivity index (χ2n) is 1.81. The molecule has 1 rings (SSSR count). The van der Waals surface area contributed by atoms with Gasteiger partial charge in [-0.2, -0.15) is 0 Å². The van der Waals surface area contributed by atoms with Gasteiger partial charge in [0.15, 0.2) is 0 Å². The minimum Gasteiger partial charge on any atom is -0.412 e. The average molecular weight is 176 g/mol. The Morgan fingerprint density at radius 1 is 0.778 bits per heavy atom. The molecule has 0 radical (unpaired) electrons. The highest BCUT2D eigenvalue weighted by atomic mass is 35.5. The van der Waals surface area contributed by atoms with Crippen molar-refractivity contribution < 1.29 is 5.48 Å². The van der Waals surface area contributed by atoms with E-state index >= 15 is 0 Å². The van der Waals surface area contributed by atoms with Crippen LogP contribution in [0.5, 0.6) is 0 Å². The minimum atomic E-state index is 0. The van der Waals surface area contributed by atoms with Gasteiger partial charge in [-0.05, 0) is 25.9 Å². The quantitative estimate of drug-likeness (QED) is 0.582. The van der Waals surface area contributed by atoms with Crippen LogP contribution in [0.2, 0.25) is 0 Å². The van der Waals surface area contributed by atoms with Crippen LogP contribution in [0.15, 0.2) is 0 Å². The van der Waals surface area contributed by atoms with Crippen molar-refractivity contribution in [2.75, 3.05) is 13.1 Å². The third kappa shape index (κ3) is 8.50. The van der Waals surface area contributed by atoms with Crippen molar-refractivity contribution in [2.24, 2.45) is 0 Å². The number of hydrogen-bond donors (Lipinski definition) is 1. The fraction of sp³-hybridized carbons (Fsp3) is 1.00. The monoisotopic (exact) mass is 175 g/mol. The summed E-state index contributed by atoms with van der Waals surface area (Å²) in [5.41, 5.74) is 0. The van der Waals surface area contributed by atoms with E-state index < -0.39 is 0 Å². The van der Waals surface area contributed by atoms with E-state index in [0.29, 0.717) is 0 Å². The van der Waals surface area contributed by atoms with Crippen LogP contribution in [-0.2, 0) is 0 Å². The second-order valence-corrected chi connectivity index (χ2v) is 1.81. The summed E-state index contributed by atoms with van der Waals surface area (Å²) >= 11 is 0. The molecular weight excluding hydrogens is 161 g/mol. The highest BCUT2D eigenvalue weighted by molar-refractivity contribution is 5.85. The van der Waals surface area contributed by atoms with Crippen molar-refractivity contribution in [2.45, 2.75) is 19.3 Å². The SMILES string of the molecule is C1CCNCC1.Cl.Cl.O. The van der Waals surface area contributed by atoms with E-state index in [2.05, 4.69) is 5.32 Å². The number of piperidine rings is 1. The van der Waals surface area contributed by atoms with Crippen LogP contribution >= 0.6 is 24.8 Å². The van der Waals surface area contributed by atoms with E-state index in [-0.39, 0.29) is 30.3 Å². The first-order valence-corrected chi connectivity index (χ1v) is 2.71. The molecule has 9 heavy (non-hydrogen) atoms. The molecule has 0 aromatic rings. The van der Waals surface area contributed by atoms with Crippen molar-refractivity contribution in [1.82, 2.24) is 5.32 Å². The first-order valence-electron chi connectivity index (χ1n) is 2.71. The van der Waals surface area contributed by atoms with Crippen LogP contribution in [0, 0.1) is 0 Å². The van der Waals surface area contributed by atoms with Crippen molar-refractivity contribution in [3.8, 4) is 0 Å². The molecule has 0 aromatic heterocycles. The lowest BCUT2D eigenvalue weighted by molar-refractivity contribution is 0.520. The number of halogens is 2. The third-order valence-corrected chi connectivity index (χ3v) is 1.21. The number of rotatable bonds is 0. The maximum Gasteiger partial charge on any atom is -0.00489 e. The van der Waals surface area contributed by atoms with E-state index in [4.69, 9.17) is 0 Å². The molecule has 60 valence electrons. The summed E-state index contributed by atoms with van der Waals surface area (Å²) in [6.45, 7) is 2.50. The van der Waals surface area contributed by atoms with Crippen LogP contribution in [0.25, 0.3) is 0 Å². The maximum absolute atomic E-state index is 3.28. The van der Waals surface area contributed by atoms with Crippen LogP contribution in [0.4, 0.5) is 0 Å². The molecule has 2 nitrogen and oxygen atoms in total. The summed E-state index contributed by atoms with van der Waals surface area (Å²) in [7, 11) is 0. The summed E-state index contributed by atoms with van der Waals surface area (Å²) < 4.78 is 0. The Morgan fingerprint density at radius 2 is 1.22 bits per heavy atom. The Morgan fingerprint density at radius 3 is 1.33 bits per heavy atom. The summed E-state index contributed by atoms with van der Waals surface area (Å²) in [6, 6.07) is 0. The van der Waals surface area contributed by atoms with Gasteiger partial charge >= 0.3 is 0 Å². The lowest BCUT2D eigenvalue weighted by Crippen LogP contribution is -2.21. The molecule has 1 heterocycles. The van der Waals surface area contributed by atoms with Crippen LogP contribution < -0.4 is 5.32 Å². The van der Waals surface area contributed by atoms with Gasteiger partial charge in [0.1, 0.15) is 0 Å². The van der Waals surface area contributed by atoms with Gasteiger partial charge in [-0.1, -0.05) is 6.42 Å². The Hall–Kier alpha value is 0.500. The predicted octanol–water partition coefficient (Wildman–Crippen LogP) is 0.779. The van der Waals surface area contributed by atoms with Gasteiger partial charge in [-0.3, -0.25) is 0 Å². The van der Waals surface area contributed by atoms with Gasteiger partial charge < -0.3 is 10.8 Å². The molecule has 1 saturated heterocycles. The van der Waals surface area contributed by atoms with E-state index in [1.165, 1.54) is 32.4 Å². The Labute approximate surface area is 68.5 Å². The van der Waals surface area contributed by atoms with E-state index in [0.717, 1.165) is 0 Å². The maximum atomic E-state index is 3.28. The van der Waals surface area contributed by atoms with Gasteiger partial charge in [0.2, 0.25) is 0 Å². The lowest BCUT2D eigenvalue weighted by Gasteiger charge is -2.08. The normalized spacial score (nSPS) is 16.0. The van der Waals surface area contributed by atoms with Crippen molar-refractivity contribution in [1.29, 1.82) is 0 Å². The largest absolute Gasteiger partial charge is 0.412 e. The summed E-state index contributed by atoms with van der Waals surface area (Å²) in [6.07, 6.45) is 4.22. The zero-order chi connectivity index (χ0) is 4.24. The summed E-state index contributed by atoms with van der Waals surface area (Å²) in [4.78, 5) is 0. The van der Waals surface area contributed by atoms with E-state index in [9.17, 15) is 0 Å². The zero-order valence-corrected chi connectivity index (χ0v) is 6.99. The van der Waals surface area contributed by atoms with E-state index in [1.54, 1.807) is 0 Å². The predicted molar refractivity (Wildman–Crippen MR) is 44.8 cm³/mol. The van der Waals surface area contributed by atoms with Crippen molar-refractivity contribution in [3.05, 3.63) is 0 Å². The van der Waals surface area contributed by atoms with Gasteiger partial charge in [-0.25, -0.2) is 0 Å². The highest BCUT2D eigenvalue weighted by Gasteiger charge is 1.93. The fourth-order valence-corrected chi connectivity index (χ4v) is 0.802. The van der Waals surface area contributed by atoms with Gasteiger partial charge in [0.05, 0.1) is 0 Å². The van der Waals surface area contributed by atoms with Crippen molar-refractivity contribution >= 4 is 24.8 Å². The van der Waals surface area contributed by atoms with E-state index in [1.807, 2.05) is 0 Å². The van der Waals surface area contributed by atoms with Crippen molar-refractivity contribution in [3.63, 3.8) is 0 Å². The Kier molecular flexibility index (Phi) is 20.4. The molecule has 1 aliphatic rings. The standard InChI is InChI=1S/C5H11N.2ClH.H2O/c1-2-4-6-5-3-1;;;/h6H,1-5H2;2*1H;1H2. The Balaban J connectivity index is -0.000000120. The molecule has 0 amide bonds. The molecule has 0 saturated carbocycles. The van der Waals surface area contributed by atoms with Crippen LogP contribution in [0.3, 0.4) is 0 Å². The molecule has 0 aliphatic carbocycles. The highest BCUT2D eigenvalue weighted by Crippen LogP contribution is 1.96. The molecule has 3 N–H and O–H groups in total. The first-order chi connectivity index (χ1) is 3.00. The smallest absolute Gasteiger partial charge is 0.00489 e. The molecule has 0 aromatic carbocycles. The Bertz CT molecular complexity index is 30.4. The molecule has 0 unspecified atom stereocenters. The zero-order valence-electron chi connectivity index (χ0n) is 5.35. The molecule has 0 atom stereocenters. The number of hydrogen-bond acceptors (Lipinski definition) is 1. The van der Waals surface area contributed by atoms with Gasteiger partial charge in [-0.15, -0.1) is 24.8 Å². The molecule has 1 fully saturated rings. The molecule has 0 bridgehead atoms. The van der Waals surface area contributed by atoms with Gasteiger partial charge in [0.25, 0.3) is 0 Å². The topological polar surface area (TPSA) is 43.5 Å². The summed E-state index contributed by atoms with van der Waals surface area (Å²) in [5.74, 6) is 0. The fourth-order valence-electron chi connectivity index (χ4n) is 0.802. The van der Waals surface area contributed by atoms with Gasteiger partial charge in [0, 0.05) is 0 Å². The first kappa shape index (κ1) is 16.2. The second kappa shape index (κ2) is 11.3.